The van der Waals surface area contributed by atoms with E-state index in [1.54, 1.807) is 18.2 Å². The first-order chi connectivity index (χ1) is 8.15. The highest BCUT2D eigenvalue weighted by Gasteiger charge is 2.13. The summed E-state index contributed by atoms with van der Waals surface area (Å²) in [4.78, 5) is 18.6. The molecule has 1 N–H and O–H groups in total. The molecule has 0 saturated carbocycles. The summed E-state index contributed by atoms with van der Waals surface area (Å²) in [5.74, 6) is -0.680. The first-order valence-corrected chi connectivity index (χ1v) is 4.78. The second kappa shape index (κ2) is 4.25. The fraction of sp³-hybridized carbons (Fsp3) is 0.182. The first kappa shape index (κ1) is 11.1. The Morgan fingerprint density at radius 2 is 2.00 bits per heavy atom. The van der Waals surface area contributed by atoms with Crippen LogP contribution in [-0.2, 0) is 0 Å². The zero-order chi connectivity index (χ0) is 12.4. The molecule has 1 aromatic heterocycles. The second-order valence-corrected chi connectivity index (χ2v) is 3.24. The SMILES string of the molecule is COc1ccc2c(OC)nc(C(=O)O)nc2c1. The number of carboxylic acids is 1. The lowest BCUT2D eigenvalue weighted by atomic mass is 10.2. The Morgan fingerprint density at radius 1 is 1.24 bits per heavy atom. The maximum Gasteiger partial charge on any atom is 0.374 e. The van der Waals surface area contributed by atoms with Crippen LogP contribution in [0.1, 0.15) is 10.6 Å². The Morgan fingerprint density at radius 3 is 2.59 bits per heavy atom. The van der Waals surface area contributed by atoms with Crippen LogP contribution in [0.3, 0.4) is 0 Å². The van der Waals surface area contributed by atoms with Gasteiger partial charge in [-0.15, -0.1) is 0 Å². The second-order valence-electron chi connectivity index (χ2n) is 3.24. The Bertz CT molecular complexity index is 583. The molecule has 0 radical (unpaired) electrons. The van der Waals surface area contributed by atoms with Crippen molar-refractivity contribution in [3.63, 3.8) is 0 Å². The summed E-state index contributed by atoms with van der Waals surface area (Å²) >= 11 is 0. The van der Waals surface area contributed by atoms with E-state index >= 15 is 0 Å². The van der Waals surface area contributed by atoms with Gasteiger partial charge in [0.2, 0.25) is 11.7 Å². The molecule has 0 amide bonds. The highest BCUT2D eigenvalue weighted by molar-refractivity contribution is 5.90. The summed E-state index contributed by atoms with van der Waals surface area (Å²) in [6.45, 7) is 0. The predicted molar refractivity (Wildman–Crippen MR) is 59.6 cm³/mol. The third kappa shape index (κ3) is 1.96. The van der Waals surface area contributed by atoms with E-state index in [0.29, 0.717) is 16.7 Å². The maximum atomic E-state index is 10.9. The molecule has 2 rings (SSSR count). The molecule has 6 nitrogen and oxygen atoms in total. The quantitative estimate of drug-likeness (QED) is 0.863. The van der Waals surface area contributed by atoms with Gasteiger partial charge in [0, 0.05) is 6.07 Å². The minimum absolute atomic E-state index is 0.232. The number of carbonyl (C=O) groups is 1. The van der Waals surface area contributed by atoms with Crippen LogP contribution in [-0.4, -0.2) is 35.3 Å². The van der Waals surface area contributed by atoms with E-state index < -0.39 is 5.97 Å². The fourth-order valence-corrected chi connectivity index (χ4v) is 1.46. The van der Waals surface area contributed by atoms with Gasteiger partial charge in [0.25, 0.3) is 0 Å². The molecule has 17 heavy (non-hydrogen) atoms. The number of ether oxygens (including phenoxy) is 2. The maximum absolute atomic E-state index is 10.9. The summed E-state index contributed by atoms with van der Waals surface area (Å²) in [6, 6.07) is 5.08. The minimum Gasteiger partial charge on any atom is -0.497 e. The molecule has 0 saturated heterocycles. The van der Waals surface area contributed by atoms with Gasteiger partial charge in [0.1, 0.15) is 5.75 Å². The smallest absolute Gasteiger partial charge is 0.374 e. The van der Waals surface area contributed by atoms with E-state index in [0.717, 1.165) is 0 Å². The topological polar surface area (TPSA) is 81.5 Å². The largest absolute Gasteiger partial charge is 0.497 e. The fourth-order valence-electron chi connectivity index (χ4n) is 1.46. The monoisotopic (exact) mass is 234 g/mol. The van der Waals surface area contributed by atoms with Crippen molar-refractivity contribution in [1.29, 1.82) is 0 Å². The van der Waals surface area contributed by atoms with Gasteiger partial charge in [0.05, 0.1) is 25.1 Å². The van der Waals surface area contributed by atoms with E-state index in [1.165, 1.54) is 14.2 Å². The molecular weight excluding hydrogens is 224 g/mol. The van der Waals surface area contributed by atoms with Crippen LogP contribution in [0.4, 0.5) is 0 Å². The molecule has 0 atom stereocenters. The van der Waals surface area contributed by atoms with E-state index in [2.05, 4.69) is 9.97 Å². The molecule has 0 fully saturated rings. The number of rotatable bonds is 3. The van der Waals surface area contributed by atoms with Crippen LogP contribution in [0, 0.1) is 0 Å². The van der Waals surface area contributed by atoms with Crippen molar-refractivity contribution in [2.24, 2.45) is 0 Å². The van der Waals surface area contributed by atoms with Crippen LogP contribution >= 0.6 is 0 Å². The van der Waals surface area contributed by atoms with Gasteiger partial charge >= 0.3 is 5.97 Å². The van der Waals surface area contributed by atoms with Gasteiger partial charge in [-0.3, -0.25) is 0 Å². The van der Waals surface area contributed by atoms with Gasteiger partial charge in [-0.1, -0.05) is 0 Å². The molecule has 0 aliphatic rings. The third-order valence-corrected chi connectivity index (χ3v) is 2.25. The Balaban J connectivity index is 2.73. The van der Waals surface area contributed by atoms with Crippen molar-refractivity contribution in [3.8, 4) is 11.6 Å². The van der Waals surface area contributed by atoms with Crippen molar-refractivity contribution in [2.45, 2.75) is 0 Å². The Kier molecular flexibility index (Phi) is 2.78. The van der Waals surface area contributed by atoms with Crippen LogP contribution in [0.15, 0.2) is 18.2 Å². The molecular formula is C11H10N2O4. The average Bonchev–Trinajstić information content (AvgIpc) is 2.36. The highest BCUT2D eigenvalue weighted by Crippen LogP contribution is 2.25. The van der Waals surface area contributed by atoms with Crippen molar-refractivity contribution in [3.05, 3.63) is 24.0 Å². The molecule has 1 aromatic carbocycles. The Labute approximate surface area is 96.8 Å². The van der Waals surface area contributed by atoms with E-state index in [-0.39, 0.29) is 11.7 Å². The van der Waals surface area contributed by atoms with Gasteiger partial charge in [0.15, 0.2) is 0 Å². The zero-order valence-corrected chi connectivity index (χ0v) is 9.30. The number of aromatic nitrogens is 2. The summed E-state index contributed by atoms with van der Waals surface area (Å²) in [7, 11) is 2.95. The summed E-state index contributed by atoms with van der Waals surface area (Å²) < 4.78 is 10.1. The van der Waals surface area contributed by atoms with Gasteiger partial charge in [-0.2, -0.15) is 4.98 Å². The number of benzene rings is 1. The predicted octanol–water partition coefficient (Wildman–Crippen LogP) is 1.35. The Hall–Kier alpha value is -2.37. The van der Waals surface area contributed by atoms with Gasteiger partial charge < -0.3 is 14.6 Å². The number of aromatic carboxylic acids is 1. The molecule has 0 unspecified atom stereocenters. The lowest BCUT2D eigenvalue weighted by Crippen LogP contribution is -2.06. The lowest BCUT2D eigenvalue weighted by Gasteiger charge is -2.06. The van der Waals surface area contributed by atoms with Crippen molar-refractivity contribution >= 4 is 16.9 Å². The number of methoxy groups -OCH3 is 2. The number of hydrogen-bond acceptors (Lipinski definition) is 5. The molecule has 2 aromatic rings. The normalized spacial score (nSPS) is 10.2. The van der Waals surface area contributed by atoms with Gasteiger partial charge in [-0.05, 0) is 12.1 Å². The summed E-state index contributed by atoms with van der Waals surface area (Å²) in [6.07, 6.45) is 0. The van der Waals surface area contributed by atoms with E-state index in [1.807, 2.05) is 0 Å². The average molecular weight is 234 g/mol. The molecule has 0 spiro atoms. The molecule has 6 heteroatoms. The van der Waals surface area contributed by atoms with Crippen LogP contribution < -0.4 is 9.47 Å². The van der Waals surface area contributed by atoms with Crippen LogP contribution in [0.25, 0.3) is 10.9 Å². The number of hydrogen-bond donors (Lipinski definition) is 1. The number of carboxylic acid groups (broad SMARTS) is 1. The number of nitrogens with zero attached hydrogens (tertiary/aromatic N) is 2. The van der Waals surface area contributed by atoms with Crippen molar-refractivity contribution in [1.82, 2.24) is 9.97 Å². The molecule has 1 heterocycles. The van der Waals surface area contributed by atoms with Crippen LogP contribution in [0.2, 0.25) is 0 Å². The van der Waals surface area contributed by atoms with E-state index in [4.69, 9.17) is 14.6 Å². The first-order valence-electron chi connectivity index (χ1n) is 4.78. The standard InChI is InChI=1S/C11H10N2O4/c1-16-6-3-4-7-8(5-6)12-9(11(14)15)13-10(7)17-2/h3-5H,1-2H3,(H,14,15). The zero-order valence-electron chi connectivity index (χ0n) is 9.30. The minimum atomic E-state index is -1.20. The van der Waals surface area contributed by atoms with Crippen molar-refractivity contribution < 1.29 is 19.4 Å². The molecule has 0 bridgehead atoms. The third-order valence-electron chi connectivity index (χ3n) is 2.25. The highest BCUT2D eigenvalue weighted by atomic mass is 16.5. The van der Waals surface area contributed by atoms with Crippen LogP contribution in [0.5, 0.6) is 11.6 Å². The summed E-state index contributed by atoms with van der Waals surface area (Å²) in [5, 5.41) is 9.52. The van der Waals surface area contributed by atoms with E-state index in [9.17, 15) is 4.79 Å². The van der Waals surface area contributed by atoms with Crippen molar-refractivity contribution in [2.75, 3.05) is 14.2 Å². The molecule has 0 aliphatic carbocycles. The summed E-state index contributed by atoms with van der Waals surface area (Å²) in [5.41, 5.74) is 0.466. The lowest BCUT2D eigenvalue weighted by molar-refractivity contribution is 0.0683. The molecule has 0 aliphatic heterocycles. The molecule has 88 valence electrons. The number of fused-ring (bicyclic) bond motifs is 1. The van der Waals surface area contributed by atoms with Gasteiger partial charge in [-0.25, -0.2) is 9.78 Å².